The second-order valence-electron chi connectivity index (χ2n) is 7.31. The van der Waals surface area contributed by atoms with Gasteiger partial charge in [-0.15, -0.1) is 0 Å². The van der Waals surface area contributed by atoms with Crippen LogP contribution in [0.5, 0.6) is 0 Å². The standard InChI is InChI=1S/C25H24N2O/c1-19(17-20-11-5-2-6-12-20)26-27-24(28)23-18-25(23,21-13-7-3-8-14-21)22-15-9-4-10-16-22/h2-17,23,26H,18H2,1H3,(H,27,28)/b19-17-/t23-/m1/s1. The molecule has 2 N–H and O–H groups in total. The Kier molecular flexibility index (Phi) is 4.98. The van der Waals surface area contributed by atoms with Crippen LogP contribution in [0.3, 0.4) is 0 Å². The van der Waals surface area contributed by atoms with Crippen LogP contribution in [0.1, 0.15) is 30.0 Å². The Morgan fingerprint density at radius 3 is 1.86 bits per heavy atom. The summed E-state index contributed by atoms with van der Waals surface area (Å²) in [5.74, 6) is -0.0668. The average molecular weight is 368 g/mol. The first-order chi connectivity index (χ1) is 13.7. The molecular weight excluding hydrogens is 344 g/mol. The molecule has 0 unspecified atom stereocenters. The van der Waals surface area contributed by atoms with E-state index in [0.29, 0.717) is 0 Å². The van der Waals surface area contributed by atoms with Gasteiger partial charge in [-0.05, 0) is 36.1 Å². The van der Waals surface area contributed by atoms with Gasteiger partial charge < -0.3 is 5.43 Å². The predicted octanol–water partition coefficient (Wildman–Crippen LogP) is 4.67. The lowest BCUT2D eigenvalue weighted by Gasteiger charge is -2.19. The lowest BCUT2D eigenvalue weighted by atomic mass is 9.85. The molecule has 1 amide bonds. The maximum atomic E-state index is 12.9. The molecule has 1 aliphatic carbocycles. The average Bonchev–Trinajstić information content (AvgIpc) is 3.51. The van der Waals surface area contributed by atoms with E-state index in [9.17, 15) is 4.79 Å². The van der Waals surface area contributed by atoms with E-state index in [0.717, 1.165) is 17.7 Å². The SMILES string of the molecule is C/C(=C/c1ccccc1)NNC(=O)[C@H]1CC1(c1ccccc1)c1ccccc1. The van der Waals surface area contributed by atoms with Crippen molar-refractivity contribution in [2.75, 3.05) is 0 Å². The zero-order valence-electron chi connectivity index (χ0n) is 15.9. The summed E-state index contributed by atoms with van der Waals surface area (Å²) in [6, 6.07) is 30.7. The van der Waals surface area contributed by atoms with Crippen LogP contribution in [0.2, 0.25) is 0 Å². The molecule has 0 saturated heterocycles. The summed E-state index contributed by atoms with van der Waals surface area (Å²) in [5, 5.41) is 0. The molecule has 1 atom stereocenters. The molecule has 1 saturated carbocycles. The molecule has 28 heavy (non-hydrogen) atoms. The number of hydrogen-bond acceptors (Lipinski definition) is 2. The number of benzene rings is 3. The quantitative estimate of drug-likeness (QED) is 0.621. The predicted molar refractivity (Wildman–Crippen MR) is 113 cm³/mol. The van der Waals surface area contributed by atoms with Gasteiger partial charge >= 0.3 is 0 Å². The summed E-state index contributed by atoms with van der Waals surface area (Å²) in [7, 11) is 0. The first kappa shape index (κ1) is 18.1. The van der Waals surface area contributed by atoms with Crippen molar-refractivity contribution in [3.05, 3.63) is 113 Å². The third-order valence-corrected chi connectivity index (χ3v) is 5.42. The van der Waals surface area contributed by atoms with Gasteiger partial charge in [0.25, 0.3) is 0 Å². The molecule has 0 aromatic heterocycles. The van der Waals surface area contributed by atoms with Crippen molar-refractivity contribution in [2.45, 2.75) is 18.8 Å². The Hall–Kier alpha value is -3.33. The molecule has 1 fully saturated rings. The molecular formula is C25H24N2O. The third kappa shape index (κ3) is 3.56. The van der Waals surface area contributed by atoms with Gasteiger partial charge in [-0.2, -0.15) is 0 Å². The van der Waals surface area contributed by atoms with Crippen molar-refractivity contribution in [3.8, 4) is 0 Å². The molecule has 3 aromatic carbocycles. The van der Waals surface area contributed by atoms with Crippen LogP contribution in [0.25, 0.3) is 6.08 Å². The number of allylic oxidation sites excluding steroid dienone is 1. The second kappa shape index (κ2) is 7.73. The highest BCUT2D eigenvalue weighted by Crippen LogP contribution is 2.58. The molecule has 3 nitrogen and oxygen atoms in total. The van der Waals surface area contributed by atoms with Crippen LogP contribution < -0.4 is 10.9 Å². The fourth-order valence-corrected chi connectivity index (χ4v) is 3.94. The summed E-state index contributed by atoms with van der Waals surface area (Å²) in [4.78, 5) is 12.9. The number of hydrazine groups is 1. The van der Waals surface area contributed by atoms with Gasteiger partial charge in [-0.3, -0.25) is 10.2 Å². The van der Waals surface area contributed by atoms with E-state index in [1.54, 1.807) is 0 Å². The maximum Gasteiger partial charge on any atom is 0.242 e. The first-order valence-electron chi connectivity index (χ1n) is 9.60. The highest BCUT2D eigenvalue weighted by molar-refractivity contribution is 5.85. The molecule has 1 aliphatic rings. The summed E-state index contributed by atoms with van der Waals surface area (Å²) < 4.78 is 0. The first-order valence-corrected chi connectivity index (χ1v) is 9.60. The number of amides is 1. The Morgan fingerprint density at radius 2 is 1.32 bits per heavy atom. The minimum absolute atomic E-state index is 0.0218. The molecule has 0 bridgehead atoms. The third-order valence-electron chi connectivity index (χ3n) is 5.42. The highest BCUT2D eigenvalue weighted by atomic mass is 16.2. The van der Waals surface area contributed by atoms with Gasteiger partial charge in [-0.25, -0.2) is 0 Å². The van der Waals surface area contributed by atoms with Crippen molar-refractivity contribution < 1.29 is 4.79 Å². The highest BCUT2D eigenvalue weighted by Gasteiger charge is 2.60. The van der Waals surface area contributed by atoms with E-state index in [2.05, 4.69) is 35.1 Å². The monoisotopic (exact) mass is 368 g/mol. The minimum atomic E-state index is -0.245. The maximum absolute atomic E-state index is 12.9. The van der Waals surface area contributed by atoms with Gasteiger partial charge in [0.15, 0.2) is 0 Å². The van der Waals surface area contributed by atoms with E-state index in [1.165, 1.54) is 11.1 Å². The molecule has 0 radical (unpaired) electrons. The summed E-state index contributed by atoms with van der Waals surface area (Å²) in [6.07, 6.45) is 2.82. The molecule has 0 heterocycles. The number of hydrogen-bond donors (Lipinski definition) is 2. The van der Waals surface area contributed by atoms with Crippen molar-refractivity contribution in [2.24, 2.45) is 5.92 Å². The second-order valence-corrected chi connectivity index (χ2v) is 7.31. The largest absolute Gasteiger partial charge is 0.303 e. The summed E-state index contributed by atoms with van der Waals surface area (Å²) in [6.45, 7) is 1.95. The number of carbonyl (C=O) groups excluding carboxylic acids is 1. The van der Waals surface area contributed by atoms with Crippen LogP contribution in [0.4, 0.5) is 0 Å². The lowest BCUT2D eigenvalue weighted by molar-refractivity contribution is -0.123. The van der Waals surface area contributed by atoms with Crippen molar-refractivity contribution >= 4 is 12.0 Å². The van der Waals surface area contributed by atoms with Crippen LogP contribution in [0.15, 0.2) is 96.7 Å². The number of nitrogens with one attached hydrogen (secondary N) is 2. The fourth-order valence-electron chi connectivity index (χ4n) is 3.94. The van der Waals surface area contributed by atoms with Gasteiger partial charge in [0.1, 0.15) is 0 Å². The molecule has 0 aliphatic heterocycles. The van der Waals surface area contributed by atoms with E-state index in [1.807, 2.05) is 79.7 Å². The summed E-state index contributed by atoms with van der Waals surface area (Å²) >= 11 is 0. The van der Waals surface area contributed by atoms with E-state index in [-0.39, 0.29) is 17.2 Å². The molecule has 0 spiro atoms. The van der Waals surface area contributed by atoms with Crippen LogP contribution in [-0.4, -0.2) is 5.91 Å². The number of carbonyl (C=O) groups is 1. The molecule has 4 rings (SSSR count). The normalized spacial score (nSPS) is 17.6. The van der Waals surface area contributed by atoms with Gasteiger partial charge in [0.2, 0.25) is 5.91 Å². The lowest BCUT2D eigenvalue weighted by Crippen LogP contribution is -2.38. The van der Waals surface area contributed by atoms with E-state index >= 15 is 0 Å². The minimum Gasteiger partial charge on any atom is -0.303 e. The topological polar surface area (TPSA) is 41.1 Å². The Morgan fingerprint density at radius 1 is 0.821 bits per heavy atom. The van der Waals surface area contributed by atoms with Crippen LogP contribution in [0, 0.1) is 5.92 Å². The van der Waals surface area contributed by atoms with Gasteiger partial charge in [0.05, 0.1) is 5.92 Å². The Balaban J connectivity index is 1.50. The fraction of sp³-hybridized carbons (Fsp3) is 0.160. The molecule has 3 aromatic rings. The van der Waals surface area contributed by atoms with Gasteiger partial charge in [-0.1, -0.05) is 91.0 Å². The Bertz CT molecular complexity index is 926. The smallest absolute Gasteiger partial charge is 0.242 e. The van der Waals surface area contributed by atoms with Crippen molar-refractivity contribution in [3.63, 3.8) is 0 Å². The zero-order valence-corrected chi connectivity index (χ0v) is 15.9. The van der Waals surface area contributed by atoms with E-state index < -0.39 is 0 Å². The number of rotatable bonds is 6. The van der Waals surface area contributed by atoms with Gasteiger partial charge in [0, 0.05) is 11.1 Å². The van der Waals surface area contributed by atoms with Crippen molar-refractivity contribution in [1.29, 1.82) is 0 Å². The zero-order chi connectivity index (χ0) is 19.4. The van der Waals surface area contributed by atoms with E-state index in [4.69, 9.17) is 0 Å². The Labute approximate surface area is 166 Å². The summed E-state index contributed by atoms with van der Waals surface area (Å²) in [5.41, 5.74) is 10.1. The molecule has 3 heteroatoms. The van der Waals surface area contributed by atoms with Crippen molar-refractivity contribution in [1.82, 2.24) is 10.9 Å². The van der Waals surface area contributed by atoms with Crippen LogP contribution in [-0.2, 0) is 10.2 Å². The van der Waals surface area contributed by atoms with Crippen LogP contribution >= 0.6 is 0 Å². The molecule has 140 valence electrons.